The van der Waals surface area contributed by atoms with Crippen molar-refractivity contribution >= 4 is 5.91 Å². The average molecular weight is 92.1 g/mol. The second-order valence-electron chi connectivity index (χ2n) is 0.634. The van der Waals surface area contributed by atoms with Gasteiger partial charge in [0.05, 0.1) is 0 Å². The minimum Gasteiger partial charge on any atom is -0.370 e. The maximum Gasteiger partial charge on any atom is 0.218 e. The van der Waals surface area contributed by atoms with E-state index in [0.717, 1.165) is 0 Å². The molecule has 0 aromatic heterocycles. The number of amides is 1. The Hall–Kier alpha value is -0.570. The predicted octanol–water partition coefficient (Wildman–Crippen LogP) is -1.18. The lowest BCUT2D eigenvalue weighted by molar-refractivity contribution is -0.117. The number of hydrogen-bond donors (Lipinski definition) is 2. The van der Waals surface area contributed by atoms with E-state index in [1.807, 2.05) is 0 Å². The van der Waals surface area contributed by atoms with Crippen LogP contribution in [0.25, 0.3) is 0 Å². The molecule has 0 aromatic rings. The second-order valence-corrected chi connectivity index (χ2v) is 0.634. The van der Waals surface area contributed by atoms with Crippen LogP contribution in [-0.2, 0) is 4.79 Å². The molecule has 6 heavy (non-hydrogen) atoms. The van der Waals surface area contributed by atoms with E-state index in [0.29, 0.717) is 0 Å². The Morgan fingerprint density at radius 1 is 2.00 bits per heavy atom. The van der Waals surface area contributed by atoms with Gasteiger partial charge in [-0.15, -0.1) is 0 Å². The van der Waals surface area contributed by atoms with Crippen LogP contribution in [0.15, 0.2) is 0 Å². The molecule has 36 valence electrons. The summed E-state index contributed by atoms with van der Waals surface area (Å²) in [6.45, 7) is -2.72. The number of rotatable bonds is 2. The van der Waals surface area contributed by atoms with Gasteiger partial charge in [-0.1, -0.05) is 0 Å². The quantitative estimate of drug-likeness (QED) is 0.450. The zero-order valence-electron chi connectivity index (χ0n) is 7.06. The third kappa shape index (κ3) is 3.43. The van der Waals surface area contributed by atoms with Gasteiger partial charge in [-0.3, -0.25) is 4.79 Å². The lowest BCUT2D eigenvalue weighted by atomic mass is 10.4. The van der Waals surface area contributed by atoms with Crippen molar-refractivity contribution in [2.24, 2.45) is 11.5 Å². The monoisotopic (exact) mass is 92.1 g/mol. The van der Waals surface area contributed by atoms with Crippen molar-refractivity contribution in [1.82, 2.24) is 0 Å². The zero-order valence-corrected chi connectivity index (χ0v) is 3.06. The maximum atomic E-state index is 10.2. The molecule has 1 amide bonds. The summed E-state index contributed by atoms with van der Waals surface area (Å²) in [6, 6.07) is 0. The Kier molecular flexibility index (Phi) is 0.664. The van der Waals surface area contributed by atoms with Gasteiger partial charge >= 0.3 is 0 Å². The van der Waals surface area contributed by atoms with E-state index in [1.165, 1.54) is 0 Å². The van der Waals surface area contributed by atoms with Crippen molar-refractivity contribution in [3.05, 3.63) is 0 Å². The van der Waals surface area contributed by atoms with Crippen LogP contribution < -0.4 is 11.5 Å². The molecule has 4 N–H and O–H groups in total. The molecule has 0 saturated carbocycles. The number of nitrogens with two attached hydrogens (primary N) is 2. The molecule has 0 aliphatic carbocycles. The summed E-state index contributed by atoms with van der Waals surface area (Å²) < 4.78 is 26.7. The summed E-state index contributed by atoms with van der Waals surface area (Å²) in [6.07, 6.45) is -2.81. The minimum absolute atomic E-state index is 1.40. The number of primary amides is 1. The summed E-state index contributed by atoms with van der Waals surface area (Å²) in [5.41, 5.74) is 9.19. The zero-order chi connectivity index (χ0) is 8.58. The average Bonchev–Trinajstić information content (AvgIpc) is 1.62. The van der Waals surface area contributed by atoms with Gasteiger partial charge < -0.3 is 11.5 Å². The topological polar surface area (TPSA) is 69.1 Å². The van der Waals surface area contributed by atoms with Crippen LogP contribution in [0, 0.1) is 0 Å². The van der Waals surface area contributed by atoms with Crippen LogP contribution in [0.4, 0.5) is 0 Å². The smallest absolute Gasteiger partial charge is 0.218 e. The molecule has 0 radical (unpaired) electrons. The molecular formula is C3H8N2O. The van der Waals surface area contributed by atoms with Crippen LogP contribution >= 0.6 is 0 Å². The largest absolute Gasteiger partial charge is 0.370 e. The molecule has 0 unspecified atom stereocenters. The first-order valence-corrected chi connectivity index (χ1v) is 1.28. The Bertz CT molecular complexity index is 151. The van der Waals surface area contributed by atoms with Crippen LogP contribution in [0.3, 0.4) is 0 Å². The molecular weight excluding hydrogens is 80.0 g/mol. The lowest BCUT2D eigenvalue weighted by Gasteiger charge is -1.82. The standard InChI is InChI=1S/C3H8N2O/c4-2-1-3(5)6/h1-2,4H2,(H2,5,6)/i1D2,2D2. The highest BCUT2D eigenvalue weighted by Crippen LogP contribution is 1.63. The minimum atomic E-state index is -2.81. The van der Waals surface area contributed by atoms with Crippen molar-refractivity contribution in [2.45, 2.75) is 6.37 Å². The molecule has 0 bridgehead atoms. The lowest BCUT2D eigenvalue weighted by Crippen LogP contribution is -2.15. The highest BCUT2D eigenvalue weighted by atomic mass is 16.1. The summed E-state index contributed by atoms with van der Waals surface area (Å²) >= 11 is 0. The molecule has 0 saturated heterocycles. The fourth-order valence-corrected chi connectivity index (χ4v) is 0.0711. The van der Waals surface area contributed by atoms with Gasteiger partial charge in [-0.25, -0.2) is 0 Å². The van der Waals surface area contributed by atoms with E-state index in [1.54, 1.807) is 0 Å². The van der Waals surface area contributed by atoms with Crippen LogP contribution in [0.2, 0.25) is 0 Å². The molecule has 0 heterocycles. The molecule has 0 aliphatic heterocycles. The third-order valence-electron chi connectivity index (χ3n) is 0.195. The van der Waals surface area contributed by atoms with Crippen LogP contribution in [0.1, 0.15) is 11.9 Å². The number of carbonyl (C=O) groups is 1. The predicted molar refractivity (Wildman–Crippen MR) is 22.9 cm³/mol. The number of hydrogen-bond acceptors (Lipinski definition) is 2. The normalized spacial score (nSPS) is 22.8. The Morgan fingerprint density at radius 3 is 2.50 bits per heavy atom. The van der Waals surface area contributed by atoms with Gasteiger partial charge in [0.2, 0.25) is 5.91 Å². The van der Waals surface area contributed by atoms with E-state index in [2.05, 4.69) is 11.5 Å². The highest BCUT2D eigenvalue weighted by Gasteiger charge is 1.84. The van der Waals surface area contributed by atoms with Crippen molar-refractivity contribution in [2.75, 3.05) is 6.50 Å². The first-order valence-electron chi connectivity index (χ1n) is 3.28. The van der Waals surface area contributed by atoms with E-state index >= 15 is 0 Å². The molecule has 0 spiro atoms. The van der Waals surface area contributed by atoms with Gasteiger partial charge in [0.15, 0.2) is 0 Å². The fraction of sp³-hybridized carbons (Fsp3) is 0.667. The van der Waals surface area contributed by atoms with Gasteiger partial charge in [0.25, 0.3) is 0 Å². The summed E-state index contributed by atoms with van der Waals surface area (Å²) in [7, 11) is 0. The fourth-order valence-electron chi connectivity index (χ4n) is 0.0711. The molecule has 0 fully saturated rings. The molecule has 3 heteroatoms. The molecule has 0 atom stereocenters. The maximum absolute atomic E-state index is 10.2. The number of carbonyl (C=O) groups excluding carboxylic acids is 1. The van der Waals surface area contributed by atoms with Crippen molar-refractivity contribution in [3.8, 4) is 0 Å². The van der Waals surface area contributed by atoms with Gasteiger partial charge in [-0.2, -0.15) is 0 Å². The van der Waals surface area contributed by atoms with E-state index in [-0.39, 0.29) is 0 Å². The summed E-state index contributed by atoms with van der Waals surface area (Å²) in [5.74, 6) is -1.40. The first kappa shape index (κ1) is 1.50. The molecule has 3 nitrogen and oxygen atoms in total. The molecule has 0 rings (SSSR count). The highest BCUT2D eigenvalue weighted by molar-refractivity contribution is 5.73. The molecule has 0 aliphatic rings. The van der Waals surface area contributed by atoms with Crippen molar-refractivity contribution in [1.29, 1.82) is 0 Å². The van der Waals surface area contributed by atoms with Gasteiger partial charge in [0, 0.05) is 18.4 Å². The summed E-state index contributed by atoms with van der Waals surface area (Å²) in [4.78, 5) is 10.2. The van der Waals surface area contributed by atoms with Gasteiger partial charge in [0.1, 0.15) is 0 Å². The molecule has 0 aromatic carbocycles. The van der Waals surface area contributed by atoms with Gasteiger partial charge in [-0.05, 0) is 0 Å². The van der Waals surface area contributed by atoms with Crippen molar-refractivity contribution in [3.63, 3.8) is 0 Å². The second kappa shape index (κ2) is 2.66. The summed E-state index contributed by atoms with van der Waals surface area (Å²) in [5, 5.41) is 0. The Morgan fingerprint density at radius 2 is 2.50 bits per heavy atom. The van der Waals surface area contributed by atoms with E-state index < -0.39 is 18.8 Å². The third-order valence-corrected chi connectivity index (χ3v) is 0.195. The first-order chi connectivity index (χ1) is 4.19. The Balaban J connectivity index is 4.57. The van der Waals surface area contributed by atoms with Crippen molar-refractivity contribution < 1.29 is 10.3 Å². The Labute approximate surface area is 41.9 Å². The SMILES string of the molecule is [2H]C([2H])(N)C([2H])([2H])C(N)=O. The van der Waals surface area contributed by atoms with Crippen LogP contribution in [-0.4, -0.2) is 12.4 Å². The van der Waals surface area contributed by atoms with Crippen LogP contribution in [0.5, 0.6) is 0 Å². The van der Waals surface area contributed by atoms with E-state index in [9.17, 15) is 4.79 Å². The van der Waals surface area contributed by atoms with E-state index in [4.69, 9.17) is 5.48 Å².